The summed E-state index contributed by atoms with van der Waals surface area (Å²) >= 11 is 0. The predicted octanol–water partition coefficient (Wildman–Crippen LogP) is 5.63. The summed E-state index contributed by atoms with van der Waals surface area (Å²) in [4.78, 5) is 3.48. The summed E-state index contributed by atoms with van der Waals surface area (Å²) < 4.78 is 22.2. The Hall–Kier alpha value is -3.83. The van der Waals surface area contributed by atoms with Gasteiger partial charge in [-0.25, -0.2) is 9.24 Å². The molecule has 28 heavy (non-hydrogen) atoms. The van der Waals surface area contributed by atoms with Crippen LogP contribution in [0.15, 0.2) is 66.7 Å². The number of alkyl halides is 1. The van der Waals surface area contributed by atoms with Gasteiger partial charge in [0, 0.05) is 16.4 Å². The second kappa shape index (κ2) is 7.42. The molecule has 0 aliphatic rings. The highest BCUT2D eigenvalue weighted by Gasteiger charge is 2.16. The van der Waals surface area contributed by atoms with Crippen molar-refractivity contribution >= 4 is 27.5 Å². The normalized spacial score (nSPS) is 11.8. The Morgan fingerprint density at radius 1 is 1.04 bits per heavy atom. The summed E-state index contributed by atoms with van der Waals surface area (Å²) in [6.45, 7) is 7.32. The molecule has 0 bridgehead atoms. The Morgan fingerprint density at radius 2 is 1.75 bits per heavy atom. The third kappa shape index (κ3) is 3.26. The second-order valence-corrected chi connectivity index (χ2v) is 6.49. The quantitative estimate of drug-likeness (QED) is 0.428. The van der Waals surface area contributed by atoms with Gasteiger partial charge < -0.3 is 9.30 Å². The molecule has 4 nitrogen and oxygen atoms in total. The molecule has 1 atom stereocenters. The van der Waals surface area contributed by atoms with Crippen molar-refractivity contribution < 1.29 is 9.13 Å². The first kappa shape index (κ1) is 17.6. The van der Waals surface area contributed by atoms with E-state index in [0.29, 0.717) is 17.0 Å². The van der Waals surface area contributed by atoms with Crippen molar-refractivity contribution in [3.63, 3.8) is 0 Å². The van der Waals surface area contributed by atoms with Gasteiger partial charge in [-0.3, -0.25) is 0 Å². The highest BCUT2D eigenvalue weighted by atomic mass is 19.1. The zero-order valence-electron chi connectivity index (χ0n) is 15.0. The van der Waals surface area contributed by atoms with Crippen LogP contribution in [0.4, 0.5) is 10.1 Å². The molecule has 0 amide bonds. The molecular weight excluding hydrogens is 353 g/mol. The average Bonchev–Trinajstić information content (AvgIpc) is 3.05. The first-order valence-electron chi connectivity index (χ1n) is 8.85. The number of nitriles is 1. The van der Waals surface area contributed by atoms with E-state index in [9.17, 15) is 9.65 Å². The van der Waals surface area contributed by atoms with Crippen molar-refractivity contribution in [1.29, 1.82) is 5.26 Å². The van der Waals surface area contributed by atoms with E-state index in [2.05, 4.69) is 10.9 Å². The summed E-state index contributed by atoms with van der Waals surface area (Å²) in [7, 11) is 0. The van der Waals surface area contributed by atoms with Crippen molar-refractivity contribution in [3.05, 3.63) is 83.7 Å². The lowest BCUT2D eigenvalue weighted by Gasteiger charge is -2.13. The van der Waals surface area contributed by atoms with Crippen molar-refractivity contribution in [1.82, 2.24) is 4.57 Å². The molecule has 0 aliphatic carbocycles. The number of halogens is 1. The number of hydrogen-bond acceptors (Lipinski definition) is 2. The monoisotopic (exact) mass is 369 g/mol. The molecule has 0 spiro atoms. The van der Waals surface area contributed by atoms with E-state index in [0.717, 1.165) is 21.8 Å². The first-order chi connectivity index (χ1) is 13.7. The number of ether oxygens (including phenoxy) is 1. The minimum Gasteiger partial charge on any atom is -0.490 e. The number of nitrogens with zero attached hydrogens (tertiary/aromatic N) is 3. The van der Waals surface area contributed by atoms with Gasteiger partial charge >= 0.3 is 0 Å². The Kier molecular flexibility index (Phi) is 4.66. The number of benzene rings is 3. The molecule has 4 aromatic rings. The smallest absolute Gasteiger partial charge is 0.188 e. The maximum atomic E-state index is 14.8. The fraction of sp³-hybridized carbons (Fsp3) is 0.130. The van der Waals surface area contributed by atoms with E-state index in [1.165, 1.54) is 0 Å². The highest BCUT2D eigenvalue weighted by molar-refractivity contribution is 6.09. The van der Waals surface area contributed by atoms with Crippen LogP contribution in [-0.4, -0.2) is 17.3 Å². The predicted molar refractivity (Wildman–Crippen MR) is 107 cm³/mol. The van der Waals surface area contributed by atoms with Crippen LogP contribution in [0.25, 0.3) is 26.7 Å². The van der Waals surface area contributed by atoms with Crippen LogP contribution < -0.4 is 4.74 Å². The summed E-state index contributed by atoms with van der Waals surface area (Å²) in [6.07, 6.45) is -1.21. The molecule has 1 heterocycles. The van der Waals surface area contributed by atoms with Crippen LogP contribution in [-0.2, 0) is 6.54 Å². The van der Waals surface area contributed by atoms with E-state index in [1.54, 1.807) is 36.4 Å². The van der Waals surface area contributed by atoms with Gasteiger partial charge in [0.1, 0.15) is 12.4 Å². The lowest BCUT2D eigenvalue weighted by molar-refractivity contribution is 0.181. The van der Waals surface area contributed by atoms with Crippen LogP contribution in [0.5, 0.6) is 5.75 Å². The van der Waals surface area contributed by atoms with Gasteiger partial charge in [-0.2, -0.15) is 5.26 Å². The molecule has 4 rings (SSSR count). The Bertz CT molecular complexity index is 1160. The minimum atomic E-state index is -1.21. The van der Waals surface area contributed by atoms with Gasteiger partial charge in [-0.1, -0.05) is 24.3 Å². The molecule has 0 radical (unpaired) electrons. The largest absolute Gasteiger partial charge is 0.490 e. The van der Waals surface area contributed by atoms with E-state index < -0.39 is 6.17 Å². The fourth-order valence-corrected chi connectivity index (χ4v) is 3.38. The molecule has 136 valence electrons. The minimum absolute atomic E-state index is 0.0540. The van der Waals surface area contributed by atoms with Crippen molar-refractivity contribution in [2.75, 3.05) is 6.61 Å². The molecule has 1 unspecified atom stereocenters. The molecule has 3 aromatic carbocycles. The Balaban J connectivity index is 1.71. The maximum absolute atomic E-state index is 14.8. The van der Waals surface area contributed by atoms with Gasteiger partial charge in [0.2, 0.25) is 0 Å². The number of aromatic nitrogens is 1. The molecule has 0 aliphatic heterocycles. The molecule has 1 aromatic heterocycles. The van der Waals surface area contributed by atoms with Crippen LogP contribution >= 0.6 is 0 Å². The van der Waals surface area contributed by atoms with Crippen LogP contribution in [0.3, 0.4) is 0 Å². The topological polar surface area (TPSA) is 42.3 Å². The zero-order chi connectivity index (χ0) is 19.5. The molecule has 0 saturated heterocycles. The fourth-order valence-electron chi connectivity index (χ4n) is 3.38. The van der Waals surface area contributed by atoms with Gasteiger partial charge in [-0.05, 0) is 47.9 Å². The Labute approximate surface area is 161 Å². The van der Waals surface area contributed by atoms with Crippen LogP contribution in [0.1, 0.15) is 5.56 Å². The Morgan fingerprint density at radius 3 is 2.46 bits per heavy atom. The van der Waals surface area contributed by atoms with Gasteiger partial charge in [0.25, 0.3) is 0 Å². The second-order valence-electron chi connectivity index (χ2n) is 6.49. The summed E-state index contributed by atoms with van der Waals surface area (Å²) in [5.74, 6) is 0.632. The van der Waals surface area contributed by atoms with E-state index in [4.69, 9.17) is 11.3 Å². The third-order valence-electron chi connectivity index (χ3n) is 4.66. The third-order valence-corrected chi connectivity index (χ3v) is 4.66. The molecular formula is C23H16FN3O. The van der Waals surface area contributed by atoms with Crippen molar-refractivity contribution in [2.24, 2.45) is 0 Å². The van der Waals surface area contributed by atoms with Crippen molar-refractivity contribution in [3.8, 4) is 11.8 Å². The van der Waals surface area contributed by atoms with E-state index in [1.807, 2.05) is 34.9 Å². The summed E-state index contributed by atoms with van der Waals surface area (Å²) in [5.41, 5.74) is 2.71. The first-order valence-corrected chi connectivity index (χ1v) is 8.85. The zero-order valence-corrected chi connectivity index (χ0v) is 15.0. The van der Waals surface area contributed by atoms with Crippen LogP contribution in [0, 0.1) is 17.9 Å². The van der Waals surface area contributed by atoms with Gasteiger partial charge in [0.15, 0.2) is 11.9 Å². The number of para-hydroxylation sites is 1. The molecule has 0 saturated carbocycles. The lowest BCUT2D eigenvalue weighted by Crippen LogP contribution is -2.19. The summed E-state index contributed by atoms with van der Waals surface area (Å²) in [6, 6.07) is 22.0. The standard InChI is InChI=1S/C23H16FN3O/c1-26-18-8-10-23-21(12-18)20-11-16(13-25)7-9-22(20)27(23)14-17(24)15-28-19-5-3-2-4-6-19/h2-12,17H,14-15H2. The number of rotatable bonds is 5. The van der Waals surface area contributed by atoms with Crippen LogP contribution in [0.2, 0.25) is 0 Å². The highest BCUT2D eigenvalue weighted by Crippen LogP contribution is 2.33. The van der Waals surface area contributed by atoms with Gasteiger partial charge in [-0.15, -0.1) is 0 Å². The lowest BCUT2D eigenvalue weighted by atomic mass is 10.1. The van der Waals surface area contributed by atoms with Gasteiger partial charge in [0.05, 0.1) is 24.7 Å². The van der Waals surface area contributed by atoms with Crippen molar-refractivity contribution in [2.45, 2.75) is 12.7 Å². The SMILES string of the molecule is [C-]#[N+]c1ccc2c(c1)c1cc(C#N)ccc1n2CC(F)COc1ccccc1. The number of hydrogen-bond donors (Lipinski definition) is 0. The van der Waals surface area contributed by atoms with E-state index >= 15 is 0 Å². The number of fused-ring (bicyclic) bond motifs is 3. The average molecular weight is 369 g/mol. The summed E-state index contributed by atoms with van der Waals surface area (Å²) in [5, 5.41) is 10.9. The van der Waals surface area contributed by atoms with E-state index in [-0.39, 0.29) is 13.2 Å². The molecule has 0 N–H and O–H groups in total. The molecule has 0 fully saturated rings. The molecule has 5 heteroatoms. The maximum Gasteiger partial charge on any atom is 0.188 e.